The predicted molar refractivity (Wildman–Crippen MR) is 85.1 cm³/mol. The quantitative estimate of drug-likeness (QED) is 0.380. The molecule has 0 aromatic heterocycles. The second-order valence-corrected chi connectivity index (χ2v) is 4.46. The molecule has 0 bridgehead atoms. The highest BCUT2D eigenvalue weighted by molar-refractivity contribution is 6.59. The third-order valence-electron chi connectivity index (χ3n) is 2.76. The molecule has 0 unspecified atom stereocenters. The van der Waals surface area contributed by atoms with Crippen molar-refractivity contribution in [2.75, 3.05) is 5.32 Å². The number of phenolic OH excluding ortho intramolecular Hbond substituents is 1. The van der Waals surface area contributed by atoms with Crippen LogP contribution in [-0.2, 0) is 9.59 Å². The molecule has 2 rings (SSSR count). The van der Waals surface area contributed by atoms with Crippen LogP contribution in [0.4, 0.5) is 11.4 Å². The average Bonchev–Trinajstić information content (AvgIpc) is 2.55. The van der Waals surface area contributed by atoms with Crippen molar-refractivity contribution in [2.45, 2.75) is 0 Å². The highest BCUT2D eigenvalue weighted by Gasteiger charge is 2.15. The van der Waals surface area contributed by atoms with Crippen LogP contribution in [0.15, 0.2) is 53.5 Å². The van der Waals surface area contributed by atoms with Crippen molar-refractivity contribution in [3.8, 4) is 5.75 Å². The fraction of sp³-hybridized carbons (Fsp3) is 0. The normalized spacial score (nSPS) is 10.1. The zero-order valence-electron chi connectivity index (χ0n) is 11.9. The lowest BCUT2D eigenvalue weighted by Gasteiger charge is -2.02. The minimum absolute atomic E-state index is 0.169. The topological polar surface area (TPSA) is 115 Å². The van der Waals surface area contributed by atoms with Crippen LogP contribution in [0, 0.1) is 0 Å². The van der Waals surface area contributed by atoms with Gasteiger partial charge in [-0.25, -0.2) is 0 Å². The Kier molecular flexibility index (Phi) is 5.12. The number of aromatic hydroxyl groups is 1. The lowest BCUT2D eigenvalue weighted by atomic mass is 10.2. The van der Waals surface area contributed by atoms with Crippen molar-refractivity contribution in [3.63, 3.8) is 0 Å². The Labute approximate surface area is 131 Å². The second kappa shape index (κ2) is 7.44. The lowest BCUT2D eigenvalue weighted by Crippen LogP contribution is -2.23. The Morgan fingerprint density at radius 1 is 1.17 bits per heavy atom. The van der Waals surface area contributed by atoms with E-state index in [0.29, 0.717) is 17.6 Å². The molecule has 114 valence electrons. The first-order valence-electron chi connectivity index (χ1n) is 6.54. The van der Waals surface area contributed by atoms with Crippen LogP contribution in [0.2, 0.25) is 0 Å². The van der Waals surface area contributed by atoms with E-state index in [1.165, 1.54) is 0 Å². The van der Waals surface area contributed by atoms with Gasteiger partial charge in [0.25, 0.3) is 0 Å². The molecular formula is C16H12N4O3. The standard InChI is InChI=1S/C16H12N4O3/c17-19-10-15(22)16(23)20-13-3-1-2-12(8-13)18-9-11-4-6-14(21)7-5-11/h1-10,21H,(H,20,23). The van der Waals surface area contributed by atoms with E-state index in [1.54, 1.807) is 54.7 Å². The molecule has 2 aromatic rings. The number of nitrogens with zero attached hydrogens (tertiary/aromatic N) is 3. The van der Waals surface area contributed by atoms with Gasteiger partial charge in [0, 0.05) is 11.9 Å². The predicted octanol–water partition coefficient (Wildman–Crippen LogP) is 1.95. The minimum Gasteiger partial charge on any atom is -0.508 e. The monoisotopic (exact) mass is 308 g/mol. The third-order valence-corrected chi connectivity index (χ3v) is 2.76. The van der Waals surface area contributed by atoms with Gasteiger partial charge in [0.2, 0.25) is 0 Å². The first-order chi connectivity index (χ1) is 11.1. The smallest absolute Gasteiger partial charge is 0.333 e. The first-order valence-corrected chi connectivity index (χ1v) is 6.54. The number of aliphatic imine (C=N–C) groups is 1. The zero-order valence-corrected chi connectivity index (χ0v) is 11.9. The van der Waals surface area contributed by atoms with E-state index in [9.17, 15) is 14.7 Å². The molecule has 0 aliphatic heterocycles. The number of hydrogen-bond donors (Lipinski definition) is 2. The summed E-state index contributed by atoms with van der Waals surface area (Å²) in [6.45, 7) is 0. The summed E-state index contributed by atoms with van der Waals surface area (Å²) >= 11 is 0. The summed E-state index contributed by atoms with van der Waals surface area (Å²) < 4.78 is 0. The number of rotatable bonds is 5. The van der Waals surface area contributed by atoms with Gasteiger partial charge >= 0.3 is 17.9 Å². The van der Waals surface area contributed by atoms with E-state index in [-0.39, 0.29) is 5.75 Å². The highest BCUT2D eigenvalue weighted by Crippen LogP contribution is 2.18. The van der Waals surface area contributed by atoms with Crippen LogP contribution in [0.25, 0.3) is 5.53 Å². The molecule has 0 saturated heterocycles. The Hall–Kier alpha value is -3.57. The number of Topliss-reactive ketones (excluding diaryl/α,β-unsaturated/α-hetero) is 1. The van der Waals surface area contributed by atoms with Gasteiger partial charge in [-0.15, -0.1) is 0 Å². The molecular weight excluding hydrogens is 296 g/mol. The number of ketones is 1. The molecule has 0 fully saturated rings. The molecule has 0 spiro atoms. The number of amides is 1. The summed E-state index contributed by atoms with van der Waals surface area (Å²) in [5.74, 6) is -1.71. The van der Waals surface area contributed by atoms with Crippen LogP contribution in [-0.4, -0.2) is 34.0 Å². The van der Waals surface area contributed by atoms with Gasteiger partial charge in [-0.05, 0) is 48.0 Å². The molecule has 2 aromatic carbocycles. The van der Waals surface area contributed by atoms with E-state index in [4.69, 9.17) is 5.53 Å². The number of carbonyl (C=O) groups is 2. The number of anilines is 1. The molecule has 0 aliphatic rings. The van der Waals surface area contributed by atoms with Crippen molar-refractivity contribution < 1.29 is 19.5 Å². The van der Waals surface area contributed by atoms with Crippen molar-refractivity contribution in [1.82, 2.24) is 0 Å². The van der Waals surface area contributed by atoms with Crippen LogP contribution < -0.4 is 5.32 Å². The second-order valence-electron chi connectivity index (χ2n) is 4.46. The summed E-state index contributed by atoms with van der Waals surface area (Å²) in [5, 5.41) is 11.6. The molecule has 2 N–H and O–H groups in total. The Morgan fingerprint density at radius 3 is 2.61 bits per heavy atom. The first kappa shape index (κ1) is 15.8. The molecule has 0 saturated carbocycles. The van der Waals surface area contributed by atoms with Gasteiger partial charge in [-0.2, -0.15) is 4.79 Å². The van der Waals surface area contributed by atoms with Crippen molar-refractivity contribution in [1.29, 1.82) is 0 Å². The van der Waals surface area contributed by atoms with Gasteiger partial charge in [-0.1, -0.05) is 6.07 Å². The fourth-order valence-corrected chi connectivity index (χ4v) is 1.68. The Morgan fingerprint density at radius 2 is 1.91 bits per heavy atom. The van der Waals surface area contributed by atoms with E-state index in [0.717, 1.165) is 5.56 Å². The van der Waals surface area contributed by atoms with Crippen molar-refractivity contribution >= 4 is 35.5 Å². The number of benzene rings is 2. The maximum atomic E-state index is 11.5. The molecule has 7 nitrogen and oxygen atoms in total. The number of carbonyl (C=O) groups excluding carboxylic acids is 2. The average molecular weight is 308 g/mol. The third kappa shape index (κ3) is 4.73. The van der Waals surface area contributed by atoms with Gasteiger partial charge in [0.1, 0.15) is 5.75 Å². The highest BCUT2D eigenvalue weighted by atomic mass is 16.3. The van der Waals surface area contributed by atoms with Crippen LogP contribution in [0.3, 0.4) is 0 Å². The van der Waals surface area contributed by atoms with Gasteiger partial charge in [0.15, 0.2) is 0 Å². The molecule has 0 heterocycles. The van der Waals surface area contributed by atoms with E-state index in [1.807, 2.05) is 0 Å². The Bertz CT molecular complexity index is 806. The molecule has 0 radical (unpaired) electrons. The number of phenols is 1. The Balaban J connectivity index is 2.10. The summed E-state index contributed by atoms with van der Waals surface area (Å²) in [5.41, 5.74) is 9.98. The molecule has 23 heavy (non-hydrogen) atoms. The molecule has 0 aliphatic carbocycles. The van der Waals surface area contributed by atoms with E-state index >= 15 is 0 Å². The van der Waals surface area contributed by atoms with Crippen LogP contribution in [0.5, 0.6) is 5.75 Å². The molecule has 0 atom stereocenters. The van der Waals surface area contributed by atoms with Crippen LogP contribution in [0.1, 0.15) is 5.56 Å². The fourth-order valence-electron chi connectivity index (χ4n) is 1.68. The zero-order chi connectivity index (χ0) is 16.7. The SMILES string of the molecule is [N-]=[N+]=CC(=O)C(=O)Nc1cccc(N=Cc2ccc(O)cc2)c1. The van der Waals surface area contributed by atoms with E-state index in [2.05, 4.69) is 15.1 Å². The molecule has 7 heteroatoms. The number of hydrogen-bond acceptors (Lipinski definition) is 4. The minimum atomic E-state index is -0.967. The van der Waals surface area contributed by atoms with Crippen LogP contribution >= 0.6 is 0 Å². The number of nitrogens with one attached hydrogen (secondary N) is 1. The summed E-state index contributed by atoms with van der Waals surface area (Å²) in [4.78, 5) is 29.5. The molecule has 1 amide bonds. The van der Waals surface area contributed by atoms with Gasteiger partial charge in [-0.3, -0.25) is 14.6 Å². The van der Waals surface area contributed by atoms with Gasteiger partial charge < -0.3 is 16.0 Å². The van der Waals surface area contributed by atoms with Gasteiger partial charge in [0.05, 0.1) is 5.69 Å². The van der Waals surface area contributed by atoms with Crippen molar-refractivity contribution in [3.05, 3.63) is 59.6 Å². The maximum Gasteiger partial charge on any atom is 0.333 e. The maximum absolute atomic E-state index is 11.5. The van der Waals surface area contributed by atoms with E-state index < -0.39 is 11.7 Å². The summed E-state index contributed by atoms with van der Waals surface area (Å²) in [6.07, 6.45) is 2.12. The largest absolute Gasteiger partial charge is 0.508 e. The lowest BCUT2D eigenvalue weighted by molar-refractivity contribution is -0.132. The summed E-state index contributed by atoms with van der Waals surface area (Å²) in [7, 11) is 0. The van der Waals surface area contributed by atoms with Crippen molar-refractivity contribution in [2.24, 2.45) is 4.99 Å². The summed E-state index contributed by atoms with van der Waals surface area (Å²) in [6, 6.07) is 13.1.